The summed E-state index contributed by atoms with van der Waals surface area (Å²) in [5, 5.41) is 0.556. The van der Waals surface area contributed by atoms with Gasteiger partial charge in [0.25, 0.3) is 0 Å². The Morgan fingerprint density at radius 1 is 1.21 bits per heavy atom. The molecule has 1 amide bonds. The van der Waals surface area contributed by atoms with Crippen LogP contribution in [0.4, 0.5) is 5.69 Å². The molecule has 0 radical (unpaired) electrons. The van der Waals surface area contributed by atoms with E-state index < -0.39 is 11.9 Å². The lowest BCUT2D eigenvalue weighted by molar-refractivity contribution is -0.147. The van der Waals surface area contributed by atoms with Crippen molar-refractivity contribution in [3.63, 3.8) is 0 Å². The number of carbonyl (C=O) groups excluding carboxylic acids is 3. The van der Waals surface area contributed by atoms with E-state index in [4.69, 9.17) is 21.1 Å². The molecule has 1 fully saturated rings. The van der Waals surface area contributed by atoms with Crippen LogP contribution in [0, 0.1) is 12.8 Å². The number of esters is 1. The van der Waals surface area contributed by atoms with Crippen LogP contribution in [0.25, 0.3) is 0 Å². The number of hydrogen-bond donors (Lipinski definition) is 0. The molecular formula is C21H20ClNO5. The van der Waals surface area contributed by atoms with Crippen molar-refractivity contribution in [2.45, 2.75) is 13.3 Å². The molecule has 0 N–H and O–H groups in total. The number of halogens is 1. The Kier molecular flexibility index (Phi) is 5.99. The van der Waals surface area contributed by atoms with E-state index in [0.717, 1.165) is 5.56 Å². The average molecular weight is 402 g/mol. The molecule has 6 nitrogen and oxygen atoms in total. The zero-order valence-corrected chi connectivity index (χ0v) is 16.4. The van der Waals surface area contributed by atoms with Gasteiger partial charge in [-0.2, -0.15) is 0 Å². The lowest BCUT2D eigenvalue weighted by Crippen LogP contribution is -2.27. The third kappa shape index (κ3) is 4.34. The summed E-state index contributed by atoms with van der Waals surface area (Å²) in [4.78, 5) is 38.4. The molecule has 3 rings (SSSR count). The highest BCUT2D eigenvalue weighted by Crippen LogP contribution is 2.29. The van der Waals surface area contributed by atoms with Gasteiger partial charge in [-0.15, -0.1) is 0 Å². The maximum absolute atomic E-state index is 12.3. The molecule has 146 valence electrons. The zero-order chi connectivity index (χ0) is 20.3. The molecule has 0 saturated carbocycles. The molecule has 0 aliphatic carbocycles. The van der Waals surface area contributed by atoms with Crippen molar-refractivity contribution < 1.29 is 23.9 Å². The summed E-state index contributed by atoms with van der Waals surface area (Å²) < 4.78 is 10.2. The number of aryl methyl sites for hydroxylation is 1. The van der Waals surface area contributed by atoms with Gasteiger partial charge in [-0.05, 0) is 36.8 Å². The van der Waals surface area contributed by atoms with E-state index in [1.165, 1.54) is 12.0 Å². The largest absolute Gasteiger partial charge is 0.497 e. The molecule has 7 heteroatoms. The van der Waals surface area contributed by atoms with Crippen molar-refractivity contribution in [1.29, 1.82) is 0 Å². The molecule has 2 aromatic carbocycles. The standard InChI is InChI=1S/C21H20ClNO5/c1-13-6-7-16(10-18(13)22)23-11-15(9-20(23)25)21(26)28-12-19(24)14-4-3-5-17(8-14)27-2/h3-8,10,15H,9,11-12H2,1-2H3/t15-/m1/s1. The van der Waals surface area contributed by atoms with Crippen LogP contribution < -0.4 is 9.64 Å². The first-order valence-corrected chi connectivity index (χ1v) is 9.17. The van der Waals surface area contributed by atoms with Crippen molar-refractivity contribution in [2.75, 3.05) is 25.2 Å². The summed E-state index contributed by atoms with van der Waals surface area (Å²) in [6.45, 7) is 1.69. The maximum atomic E-state index is 12.3. The number of ketones is 1. The quantitative estimate of drug-likeness (QED) is 0.547. The average Bonchev–Trinajstić information content (AvgIpc) is 3.09. The Hall–Kier alpha value is -2.86. The second-order valence-corrected chi connectivity index (χ2v) is 7.01. The monoisotopic (exact) mass is 401 g/mol. The molecule has 1 atom stereocenters. The van der Waals surface area contributed by atoms with E-state index >= 15 is 0 Å². The van der Waals surface area contributed by atoms with Gasteiger partial charge < -0.3 is 14.4 Å². The van der Waals surface area contributed by atoms with Crippen LogP contribution in [-0.2, 0) is 14.3 Å². The van der Waals surface area contributed by atoms with Crippen LogP contribution in [0.1, 0.15) is 22.3 Å². The van der Waals surface area contributed by atoms with Gasteiger partial charge in [0, 0.05) is 29.2 Å². The molecule has 1 aliphatic heterocycles. The van der Waals surface area contributed by atoms with Crippen molar-refractivity contribution in [3.8, 4) is 5.75 Å². The second-order valence-electron chi connectivity index (χ2n) is 6.60. The maximum Gasteiger partial charge on any atom is 0.311 e. The van der Waals surface area contributed by atoms with Gasteiger partial charge in [0.2, 0.25) is 5.91 Å². The van der Waals surface area contributed by atoms with E-state index in [1.54, 1.807) is 36.4 Å². The van der Waals surface area contributed by atoms with E-state index in [0.29, 0.717) is 22.0 Å². The van der Waals surface area contributed by atoms with E-state index in [2.05, 4.69) is 0 Å². The lowest BCUT2D eigenvalue weighted by Gasteiger charge is -2.17. The first-order chi connectivity index (χ1) is 13.4. The van der Waals surface area contributed by atoms with E-state index in [1.807, 2.05) is 13.0 Å². The van der Waals surface area contributed by atoms with Gasteiger partial charge in [-0.25, -0.2) is 0 Å². The Bertz CT molecular complexity index is 927. The van der Waals surface area contributed by atoms with Gasteiger partial charge in [0.05, 0.1) is 13.0 Å². The summed E-state index contributed by atoms with van der Waals surface area (Å²) in [6, 6.07) is 11.9. The SMILES string of the molecule is COc1cccc(C(=O)COC(=O)[C@@H]2CC(=O)N(c3ccc(C)c(Cl)c3)C2)c1. The summed E-state index contributed by atoms with van der Waals surface area (Å²) >= 11 is 6.13. The zero-order valence-electron chi connectivity index (χ0n) is 15.6. The van der Waals surface area contributed by atoms with Crippen LogP contribution in [0.5, 0.6) is 5.75 Å². The van der Waals surface area contributed by atoms with Crippen LogP contribution in [-0.4, -0.2) is 37.9 Å². The fourth-order valence-corrected chi connectivity index (χ4v) is 3.17. The minimum absolute atomic E-state index is 0.0394. The topological polar surface area (TPSA) is 72.9 Å². The number of rotatable bonds is 6. The number of nitrogens with zero attached hydrogens (tertiary/aromatic N) is 1. The predicted molar refractivity (Wildman–Crippen MR) is 105 cm³/mol. The molecule has 1 saturated heterocycles. The van der Waals surface area contributed by atoms with Crippen LogP contribution in [0.3, 0.4) is 0 Å². The normalized spacial score (nSPS) is 16.2. The van der Waals surface area contributed by atoms with Crippen molar-refractivity contribution in [3.05, 3.63) is 58.6 Å². The summed E-state index contributed by atoms with van der Waals surface area (Å²) in [5.41, 5.74) is 1.94. The summed E-state index contributed by atoms with van der Waals surface area (Å²) in [7, 11) is 1.51. The third-order valence-corrected chi connectivity index (χ3v) is 5.07. The van der Waals surface area contributed by atoms with Gasteiger partial charge in [-0.3, -0.25) is 14.4 Å². The highest BCUT2D eigenvalue weighted by molar-refractivity contribution is 6.31. The van der Waals surface area contributed by atoms with E-state index in [-0.39, 0.29) is 31.3 Å². The Morgan fingerprint density at radius 3 is 2.71 bits per heavy atom. The Labute approximate surface area is 168 Å². The molecular weight excluding hydrogens is 382 g/mol. The second kappa shape index (κ2) is 8.44. The number of Topliss-reactive ketones (excluding diaryl/α,β-unsaturated/α-hetero) is 1. The number of amides is 1. The van der Waals surface area contributed by atoms with Crippen molar-refractivity contribution in [1.82, 2.24) is 0 Å². The van der Waals surface area contributed by atoms with Crippen LogP contribution in [0.15, 0.2) is 42.5 Å². The number of methoxy groups -OCH3 is 1. The number of hydrogen-bond acceptors (Lipinski definition) is 5. The van der Waals surface area contributed by atoms with Gasteiger partial charge in [0.15, 0.2) is 12.4 Å². The molecule has 28 heavy (non-hydrogen) atoms. The summed E-state index contributed by atoms with van der Waals surface area (Å²) in [5.74, 6) is -1.15. The minimum atomic E-state index is -0.620. The molecule has 2 aromatic rings. The number of anilines is 1. The molecule has 0 spiro atoms. The lowest BCUT2D eigenvalue weighted by atomic mass is 10.1. The number of benzene rings is 2. The molecule has 0 bridgehead atoms. The molecule has 0 unspecified atom stereocenters. The third-order valence-electron chi connectivity index (χ3n) is 4.66. The molecule has 0 aromatic heterocycles. The van der Waals surface area contributed by atoms with Crippen molar-refractivity contribution >= 4 is 34.9 Å². The Balaban J connectivity index is 1.60. The first-order valence-electron chi connectivity index (χ1n) is 8.79. The fraction of sp³-hybridized carbons (Fsp3) is 0.286. The van der Waals surface area contributed by atoms with Crippen molar-refractivity contribution in [2.24, 2.45) is 5.92 Å². The highest BCUT2D eigenvalue weighted by Gasteiger charge is 2.36. The van der Waals surface area contributed by atoms with E-state index in [9.17, 15) is 14.4 Å². The number of ether oxygens (including phenoxy) is 2. The van der Waals surface area contributed by atoms with Crippen LogP contribution in [0.2, 0.25) is 5.02 Å². The smallest absolute Gasteiger partial charge is 0.311 e. The fourth-order valence-electron chi connectivity index (χ4n) is 3.00. The van der Waals surface area contributed by atoms with Gasteiger partial charge in [0.1, 0.15) is 5.75 Å². The number of carbonyl (C=O) groups is 3. The molecule has 1 aliphatic rings. The first kappa shape index (κ1) is 19.9. The van der Waals surface area contributed by atoms with Crippen LogP contribution >= 0.6 is 11.6 Å². The minimum Gasteiger partial charge on any atom is -0.497 e. The molecule has 1 heterocycles. The van der Waals surface area contributed by atoms with Gasteiger partial charge >= 0.3 is 5.97 Å². The Morgan fingerprint density at radius 2 is 2.00 bits per heavy atom. The predicted octanol–water partition coefficient (Wildman–Crippen LogP) is 3.44. The highest BCUT2D eigenvalue weighted by atomic mass is 35.5. The van der Waals surface area contributed by atoms with Gasteiger partial charge in [-0.1, -0.05) is 29.8 Å². The summed E-state index contributed by atoms with van der Waals surface area (Å²) in [6.07, 6.45) is 0.0394.